The van der Waals surface area contributed by atoms with Crippen LogP contribution in [-0.2, 0) is 4.79 Å². The number of carbonyl (C=O) groups excluding carboxylic acids is 1. The first-order valence-electron chi connectivity index (χ1n) is 12.5. The SMILES string of the molecule is COc1cccc(-c2cnc(-c3ccncc3)nc2C2CCN(C(=O)C(C)Oc3ccccc3)CC2)c1. The summed E-state index contributed by atoms with van der Waals surface area (Å²) in [6.45, 7) is 3.12. The van der Waals surface area contributed by atoms with Crippen LogP contribution in [0.5, 0.6) is 11.5 Å². The summed E-state index contributed by atoms with van der Waals surface area (Å²) in [6, 6.07) is 21.3. The topological polar surface area (TPSA) is 77.4 Å². The van der Waals surface area contributed by atoms with Crippen molar-refractivity contribution in [3.63, 3.8) is 0 Å². The van der Waals surface area contributed by atoms with Gasteiger partial charge in [0.1, 0.15) is 11.5 Å². The van der Waals surface area contributed by atoms with E-state index in [9.17, 15) is 4.79 Å². The summed E-state index contributed by atoms with van der Waals surface area (Å²) in [6.07, 6.45) is 6.49. The molecule has 0 N–H and O–H groups in total. The molecule has 1 saturated heterocycles. The number of para-hydroxylation sites is 1. The van der Waals surface area contributed by atoms with Crippen molar-refractivity contribution in [1.29, 1.82) is 0 Å². The molecule has 1 fully saturated rings. The predicted octanol–water partition coefficient (Wildman–Crippen LogP) is 5.39. The minimum absolute atomic E-state index is 0.00971. The number of carbonyl (C=O) groups is 1. The predicted molar refractivity (Wildman–Crippen MR) is 142 cm³/mol. The van der Waals surface area contributed by atoms with Crippen molar-refractivity contribution in [3.05, 3.63) is 91.0 Å². The number of methoxy groups -OCH3 is 1. The summed E-state index contributed by atoms with van der Waals surface area (Å²) in [5.41, 5.74) is 3.92. The Balaban J connectivity index is 1.37. The lowest BCUT2D eigenvalue weighted by atomic mass is 9.88. The lowest BCUT2D eigenvalue weighted by molar-refractivity contribution is -0.139. The number of pyridine rings is 1. The molecule has 2 aromatic heterocycles. The molecule has 7 heteroatoms. The number of hydrogen-bond donors (Lipinski definition) is 0. The number of amides is 1. The number of nitrogens with zero attached hydrogens (tertiary/aromatic N) is 4. The van der Waals surface area contributed by atoms with E-state index in [0.717, 1.165) is 41.0 Å². The maximum Gasteiger partial charge on any atom is 0.263 e. The van der Waals surface area contributed by atoms with Crippen LogP contribution < -0.4 is 9.47 Å². The zero-order chi connectivity index (χ0) is 25.6. The third-order valence-corrected chi connectivity index (χ3v) is 6.73. The van der Waals surface area contributed by atoms with Crippen molar-refractivity contribution in [2.45, 2.75) is 31.8 Å². The van der Waals surface area contributed by atoms with E-state index in [1.807, 2.05) is 78.7 Å². The van der Waals surface area contributed by atoms with Gasteiger partial charge in [0.2, 0.25) is 0 Å². The van der Waals surface area contributed by atoms with Crippen molar-refractivity contribution < 1.29 is 14.3 Å². The van der Waals surface area contributed by atoms with Crippen molar-refractivity contribution in [3.8, 4) is 34.0 Å². The molecule has 1 amide bonds. The van der Waals surface area contributed by atoms with Gasteiger partial charge in [0, 0.05) is 48.7 Å². The van der Waals surface area contributed by atoms with Crippen molar-refractivity contribution >= 4 is 5.91 Å². The zero-order valence-corrected chi connectivity index (χ0v) is 21.1. The van der Waals surface area contributed by atoms with Gasteiger partial charge >= 0.3 is 0 Å². The minimum atomic E-state index is -0.538. The van der Waals surface area contributed by atoms with Gasteiger partial charge in [-0.3, -0.25) is 9.78 Å². The van der Waals surface area contributed by atoms with Crippen molar-refractivity contribution in [2.24, 2.45) is 0 Å². The molecular formula is C30H30N4O3. The number of piperidine rings is 1. The molecule has 2 aromatic carbocycles. The van der Waals surface area contributed by atoms with E-state index in [4.69, 9.17) is 14.5 Å². The van der Waals surface area contributed by atoms with Crippen molar-refractivity contribution in [2.75, 3.05) is 20.2 Å². The minimum Gasteiger partial charge on any atom is -0.497 e. The Kier molecular flexibility index (Phi) is 7.40. The maximum atomic E-state index is 13.1. The fraction of sp³-hybridized carbons (Fsp3) is 0.267. The van der Waals surface area contributed by atoms with E-state index >= 15 is 0 Å². The quantitative estimate of drug-likeness (QED) is 0.343. The van der Waals surface area contributed by atoms with Gasteiger partial charge in [0.05, 0.1) is 12.8 Å². The second-order valence-electron chi connectivity index (χ2n) is 9.13. The molecule has 7 nitrogen and oxygen atoms in total. The molecule has 0 radical (unpaired) electrons. The van der Waals surface area contributed by atoms with Crippen molar-refractivity contribution in [1.82, 2.24) is 19.9 Å². The molecule has 0 aliphatic carbocycles. The van der Waals surface area contributed by atoms with E-state index in [2.05, 4.69) is 16.0 Å². The van der Waals surface area contributed by atoms with E-state index in [1.165, 1.54) is 0 Å². The van der Waals surface area contributed by atoms with E-state index in [-0.39, 0.29) is 11.8 Å². The standard InChI is InChI=1S/C30H30N4O3/c1-21(37-25-8-4-3-5-9-25)30(35)34-17-13-22(14-18-34)28-27(24-7-6-10-26(19-24)36-2)20-32-29(33-28)23-11-15-31-16-12-23/h3-12,15-16,19-22H,13-14,17-18H2,1-2H3. The first-order chi connectivity index (χ1) is 18.1. The smallest absolute Gasteiger partial charge is 0.263 e. The van der Waals surface area contributed by atoms with Crippen LogP contribution in [0.25, 0.3) is 22.5 Å². The maximum absolute atomic E-state index is 13.1. The lowest BCUT2D eigenvalue weighted by Crippen LogP contribution is -2.44. The fourth-order valence-electron chi connectivity index (χ4n) is 4.74. The summed E-state index contributed by atoms with van der Waals surface area (Å²) in [4.78, 5) is 28.9. The molecule has 0 spiro atoms. The number of hydrogen-bond acceptors (Lipinski definition) is 6. The van der Waals surface area contributed by atoms with Gasteiger partial charge in [-0.05, 0) is 61.7 Å². The van der Waals surface area contributed by atoms with Crippen LogP contribution in [0.2, 0.25) is 0 Å². The average molecular weight is 495 g/mol. The highest BCUT2D eigenvalue weighted by atomic mass is 16.5. The molecule has 5 rings (SSSR count). The van der Waals surface area contributed by atoms with Gasteiger partial charge in [-0.2, -0.15) is 0 Å². The van der Waals surface area contributed by atoms with Crippen LogP contribution >= 0.6 is 0 Å². The molecule has 1 aliphatic rings. The van der Waals surface area contributed by atoms with Gasteiger partial charge in [-0.25, -0.2) is 9.97 Å². The molecule has 37 heavy (non-hydrogen) atoms. The molecule has 3 heterocycles. The first-order valence-corrected chi connectivity index (χ1v) is 12.5. The second-order valence-corrected chi connectivity index (χ2v) is 9.13. The van der Waals surface area contributed by atoms with Gasteiger partial charge in [0.15, 0.2) is 11.9 Å². The molecular weight excluding hydrogens is 464 g/mol. The van der Waals surface area contributed by atoms with Crippen LogP contribution in [0.15, 0.2) is 85.3 Å². The monoisotopic (exact) mass is 494 g/mol. The van der Waals surface area contributed by atoms with Gasteiger partial charge in [-0.15, -0.1) is 0 Å². The molecule has 0 bridgehead atoms. The summed E-state index contributed by atoms with van der Waals surface area (Å²) >= 11 is 0. The Hall–Kier alpha value is -4.26. The highest BCUT2D eigenvalue weighted by Crippen LogP contribution is 2.36. The Morgan fingerprint density at radius 1 is 0.946 bits per heavy atom. The third kappa shape index (κ3) is 5.61. The van der Waals surface area contributed by atoms with E-state index < -0.39 is 6.10 Å². The first kappa shape index (κ1) is 24.4. The Morgan fingerprint density at radius 3 is 2.41 bits per heavy atom. The van der Waals surface area contributed by atoms with E-state index in [1.54, 1.807) is 19.5 Å². The number of aromatic nitrogens is 3. The van der Waals surface area contributed by atoms with E-state index in [0.29, 0.717) is 24.7 Å². The third-order valence-electron chi connectivity index (χ3n) is 6.73. The van der Waals surface area contributed by atoms with Crippen LogP contribution in [0.4, 0.5) is 0 Å². The largest absolute Gasteiger partial charge is 0.497 e. The molecule has 1 unspecified atom stereocenters. The Labute approximate surface area is 217 Å². The molecule has 1 atom stereocenters. The summed E-state index contributed by atoms with van der Waals surface area (Å²) in [7, 11) is 1.66. The summed E-state index contributed by atoms with van der Waals surface area (Å²) < 4.78 is 11.3. The summed E-state index contributed by atoms with van der Waals surface area (Å²) in [5.74, 6) is 2.36. The summed E-state index contributed by atoms with van der Waals surface area (Å²) in [5, 5.41) is 0. The molecule has 4 aromatic rings. The Morgan fingerprint density at radius 2 is 1.68 bits per heavy atom. The van der Waals surface area contributed by atoms with Gasteiger partial charge in [-0.1, -0.05) is 30.3 Å². The zero-order valence-electron chi connectivity index (χ0n) is 21.1. The number of ether oxygens (including phenoxy) is 2. The van der Waals surface area contributed by atoms with Crippen LogP contribution in [0.1, 0.15) is 31.4 Å². The Bertz CT molecular complexity index is 1340. The molecule has 0 saturated carbocycles. The average Bonchev–Trinajstić information content (AvgIpc) is 2.97. The number of rotatable bonds is 7. The number of benzene rings is 2. The number of likely N-dealkylation sites (tertiary alicyclic amines) is 1. The normalized spacial score (nSPS) is 14.7. The highest BCUT2D eigenvalue weighted by Gasteiger charge is 2.30. The lowest BCUT2D eigenvalue weighted by Gasteiger charge is -2.34. The molecule has 1 aliphatic heterocycles. The second kappa shape index (κ2) is 11.2. The van der Waals surface area contributed by atoms with Gasteiger partial charge in [0.25, 0.3) is 5.91 Å². The van der Waals surface area contributed by atoms with Crippen LogP contribution in [-0.4, -0.2) is 52.1 Å². The fourth-order valence-corrected chi connectivity index (χ4v) is 4.74. The highest BCUT2D eigenvalue weighted by molar-refractivity contribution is 5.81. The van der Waals surface area contributed by atoms with Crippen LogP contribution in [0.3, 0.4) is 0 Å². The van der Waals surface area contributed by atoms with Crippen LogP contribution in [0, 0.1) is 0 Å². The van der Waals surface area contributed by atoms with Gasteiger partial charge < -0.3 is 14.4 Å². The molecule has 188 valence electrons.